The number of hydrogen-bond acceptors (Lipinski definition) is 4. The first-order valence-electron chi connectivity index (χ1n) is 24.5. The molecule has 68 heavy (non-hydrogen) atoms. The van der Waals surface area contributed by atoms with E-state index >= 15 is 0 Å². The van der Waals surface area contributed by atoms with Gasteiger partial charge < -0.3 is 0 Å². The molecular weight excluding hydrogens is 825 g/mol. The predicted molar refractivity (Wildman–Crippen MR) is 279 cm³/mol. The predicted octanol–water partition coefficient (Wildman–Crippen LogP) is 15.9. The van der Waals surface area contributed by atoms with Crippen LogP contribution >= 0.6 is 0 Å². The van der Waals surface area contributed by atoms with Gasteiger partial charge in [-0.3, -0.25) is 0 Å². The Morgan fingerprint density at radius 2 is 0.603 bits per heavy atom. The zero-order valence-corrected chi connectivity index (χ0v) is 40.2. The highest BCUT2D eigenvalue weighted by Crippen LogP contribution is 2.55. The molecule has 4 heteroatoms. The Morgan fingerprint density at radius 3 is 1.04 bits per heavy atom. The highest BCUT2D eigenvalue weighted by Gasteiger charge is 2.43. The maximum Gasteiger partial charge on any atom is 0.0753 e. The molecule has 0 aliphatic heterocycles. The van der Waals surface area contributed by atoms with E-state index < -0.39 is 0 Å². The summed E-state index contributed by atoms with van der Waals surface area (Å²) in [6, 6.07) is 58.1. The largest absolute Gasteiger partial charge is 0.247 e. The standard InChI is InChI=1S/C64H54N4/c1-9-64(10-2)48-18-14-12-16-42(48)58-52(64)30-34-56(68-58)40-24-26-47-44(36-40)60-51(63(47,7)8)28-32-54(66-60)38-21-19-37(20-22-38)53-31-27-50-59(65-53)43-35-39(23-25-46(43)62(50,5)6)55-33-29-49-57(67-55)41-15-11-13-17-45(41)61(49,3)4/h11-36H,9-10H2,1-8H3. The third-order valence-electron chi connectivity index (χ3n) is 16.8. The van der Waals surface area contributed by atoms with E-state index in [-0.39, 0.29) is 21.7 Å². The van der Waals surface area contributed by atoms with Crippen LogP contribution in [0.1, 0.15) is 113 Å². The van der Waals surface area contributed by atoms with Crippen LogP contribution in [-0.4, -0.2) is 19.9 Å². The summed E-state index contributed by atoms with van der Waals surface area (Å²) in [6.45, 7) is 18.5. The minimum atomic E-state index is -0.168. The van der Waals surface area contributed by atoms with Crippen molar-refractivity contribution in [2.24, 2.45) is 0 Å². The Balaban J connectivity index is 0.820. The second-order valence-corrected chi connectivity index (χ2v) is 21.2. The van der Waals surface area contributed by atoms with Gasteiger partial charge in [0.15, 0.2) is 0 Å². The average molecular weight is 879 g/mol. The molecule has 0 N–H and O–H groups in total. The van der Waals surface area contributed by atoms with Crippen LogP contribution in [0.15, 0.2) is 158 Å². The van der Waals surface area contributed by atoms with Gasteiger partial charge in [-0.05, 0) is 93.7 Å². The molecule has 0 spiro atoms. The van der Waals surface area contributed by atoms with Crippen LogP contribution < -0.4 is 0 Å². The molecule has 330 valence electrons. The van der Waals surface area contributed by atoms with Gasteiger partial charge in [0, 0.05) is 66.2 Å². The molecule has 4 aromatic heterocycles. The van der Waals surface area contributed by atoms with E-state index in [9.17, 15) is 0 Å². The number of fused-ring (bicyclic) bond motifs is 12. The van der Waals surface area contributed by atoms with Gasteiger partial charge in [0.05, 0.1) is 45.6 Å². The van der Waals surface area contributed by atoms with Crippen molar-refractivity contribution in [3.63, 3.8) is 0 Å². The van der Waals surface area contributed by atoms with Gasteiger partial charge in [-0.15, -0.1) is 0 Å². The van der Waals surface area contributed by atoms with Crippen LogP contribution in [0.25, 0.3) is 90.1 Å². The molecule has 13 rings (SSSR count). The van der Waals surface area contributed by atoms with Crippen molar-refractivity contribution in [2.75, 3.05) is 0 Å². The minimum Gasteiger partial charge on any atom is -0.247 e. The highest BCUT2D eigenvalue weighted by molar-refractivity contribution is 5.87. The number of pyridine rings is 4. The van der Waals surface area contributed by atoms with Gasteiger partial charge >= 0.3 is 0 Å². The Labute approximate surface area is 400 Å². The fourth-order valence-corrected chi connectivity index (χ4v) is 12.8. The fourth-order valence-electron chi connectivity index (χ4n) is 12.8. The monoisotopic (exact) mass is 878 g/mol. The molecule has 0 bridgehead atoms. The molecule has 0 unspecified atom stereocenters. The molecule has 0 atom stereocenters. The number of hydrogen-bond donors (Lipinski definition) is 0. The summed E-state index contributed by atoms with van der Waals surface area (Å²) in [6.07, 6.45) is 2.11. The molecule has 0 amide bonds. The van der Waals surface area contributed by atoms with Crippen LogP contribution in [0.3, 0.4) is 0 Å². The first kappa shape index (κ1) is 40.9. The van der Waals surface area contributed by atoms with Gasteiger partial charge in [-0.2, -0.15) is 0 Å². The SMILES string of the molecule is CCC1(CC)c2ccccc2-c2nc(-c3ccc4c(c3)-c3nc(-c5ccc(-c6ccc7c(n6)-c6cc(-c8ccc9c(n8)-c8ccccc8C9(C)C)ccc6C7(C)C)cc5)ccc3C4(C)C)ccc21. The van der Waals surface area contributed by atoms with Crippen LogP contribution in [0.2, 0.25) is 0 Å². The van der Waals surface area contributed by atoms with Crippen molar-refractivity contribution in [1.29, 1.82) is 0 Å². The average Bonchev–Trinajstić information content (AvgIpc) is 3.96. The van der Waals surface area contributed by atoms with E-state index in [4.69, 9.17) is 19.9 Å². The van der Waals surface area contributed by atoms with Crippen LogP contribution in [0.4, 0.5) is 0 Å². The van der Waals surface area contributed by atoms with Crippen LogP contribution in [-0.2, 0) is 21.7 Å². The van der Waals surface area contributed by atoms with Crippen LogP contribution in [0, 0.1) is 0 Å². The molecule has 4 aliphatic rings. The van der Waals surface area contributed by atoms with E-state index in [0.717, 1.165) is 80.6 Å². The highest BCUT2D eigenvalue weighted by atomic mass is 14.8. The molecule has 9 aromatic rings. The Morgan fingerprint density at radius 1 is 0.294 bits per heavy atom. The van der Waals surface area contributed by atoms with E-state index in [1.54, 1.807) is 0 Å². The maximum absolute atomic E-state index is 5.44. The second kappa shape index (κ2) is 14.1. The lowest BCUT2D eigenvalue weighted by Gasteiger charge is -2.29. The number of benzene rings is 5. The summed E-state index contributed by atoms with van der Waals surface area (Å²) < 4.78 is 0. The number of rotatable bonds is 6. The van der Waals surface area contributed by atoms with E-state index in [2.05, 4.69) is 213 Å². The fraction of sp³-hybridized carbons (Fsp3) is 0.219. The lowest BCUT2D eigenvalue weighted by atomic mass is 9.74. The third-order valence-corrected chi connectivity index (χ3v) is 16.8. The van der Waals surface area contributed by atoms with Crippen LogP contribution in [0.5, 0.6) is 0 Å². The minimum absolute atomic E-state index is 0.0107. The van der Waals surface area contributed by atoms with Crippen molar-refractivity contribution in [2.45, 2.75) is 89.9 Å². The molecule has 0 saturated carbocycles. The van der Waals surface area contributed by atoms with Gasteiger partial charge in [0.2, 0.25) is 0 Å². The van der Waals surface area contributed by atoms with Crippen molar-refractivity contribution in [1.82, 2.24) is 19.9 Å². The summed E-state index contributed by atoms with van der Waals surface area (Å²) in [4.78, 5) is 21.6. The number of aromatic nitrogens is 4. The Bertz CT molecular complexity index is 3620. The molecular formula is C64H54N4. The van der Waals surface area contributed by atoms with Gasteiger partial charge in [0.25, 0.3) is 0 Å². The smallest absolute Gasteiger partial charge is 0.0753 e. The first-order chi connectivity index (χ1) is 32.8. The van der Waals surface area contributed by atoms with Gasteiger partial charge in [-0.1, -0.05) is 177 Å². The van der Waals surface area contributed by atoms with E-state index in [0.29, 0.717) is 0 Å². The van der Waals surface area contributed by atoms with Crippen molar-refractivity contribution < 1.29 is 0 Å². The molecule has 0 saturated heterocycles. The third kappa shape index (κ3) is 5.49. The zero-order valence-electron chi connectivity index (χ0n) is 40.2. The van der Waals surface area contributed by atoms with E-state index in [1.165, 1.54) is 66.8 Å². The second-order valence-electron chi connectivity index (χ2n) is 21.2. The summed E-state index contributed by atoms with van der Waals surface area (Å²) in [5, 5.41) is 0. The first-order valence-corrected chi connectivity index (χ1v) is 24.5. The number of nitrogens with zero attached hydrogens (tertiary/aromatic N) is 4. The lowest BCUT2D eigenvalue weighted by molar-refractivity contribution is 0.490. The van der Waals surface area contributed by atoms with Crippen molar-refractivity contribution in [3.8, 4) is 90.1 Å². The molecule has 4 heterocycles. The summed E-state index contributed by atoms with van der Waals surface area (Å²) in [5.74, 6) is 0. The Hall–Kier alpha value is -7.30. The molecule has 5 aromatic carbocycles. The lowest BCUT2D eigenvalue weighted by Crippen LogP contribution is -2.23. The normalized spacial score (nSPS) is 16.2. The molecule has 4 aliphatic carbocycles. The summed E-state index contributed by atoms with van der Waals surface area (Å²) in [5.41, 5.74) is 27.6. The van der Waals surface area contributed by atoms with E-state index in [1.807, 2.05) is 0 Å². The van der Waals surface area contributed by atoms with Crippen molar-refractivity contribution in [3.05, 3.63) is 202 Å². The quantitative estimate of drug-likeness (QED) is 0.167. The summed E-state index contributed by atoms with van der Waals surface area (Å²) in [7, 11) is 0. The van der Waals surface area contributed by atoms with Gasteiger partial charge in [0.1, 0.15) is 0 Å². The van der Waals surface area contributed by atoms with Crippen molar-refractivity contribution >= 4 is 0 Å². The molecule has 4 nitrogen and oxygen atoms in total. The molecule has 0 fully saturated rings. The molecule has 0 radical (unpaired) electrons. The zero-order chi connectivity index (χ0) is 46.5. The topological polar surface area (TPSA) is 51.6 Å². The summed E-state index contributed by atoms with van der Waals surface area (Å²) >= 11 is 0. The Kier molecular flexibility index (Phi) is 8.50. The maximum atomic E-state index is 5.44. The van der Waals surface area contributed by atoms with Gasteiger partial charge in [-0.25, -0.2) is 19.9 Å².